The second kappa shape index (κ2) is 6.93. The van der Waals surface area contributed by atoms with Crippen LogP contribution in [-0.2, 0) is 0 Å². The van der Waals surface area contributed by atoms with Crippen molar-refractivity contribution < 1.29 is 14.3 Å². The van der Waals surface area contributed by atoms with Crippen LogP contribution < -0.4 is 10.2 Å². The maximum atomic E-state index is 13.8. The van der Waals surface area contributed by atoms with E-state index >= 15 is 0 Å². The molecule has 3 rings (SSSR count). The number of carbonyl (C=O) groups excluding carboxylic acids is 1. The molecule has 2 saturated heterocycles. The van der Waals surface area contributed by atoms with E-state index in [2.05, 4.69) is 10.3 Å². The van der Waals surface area contributed by atoms with Crippen LogP contribution >= 0.6 is 0 Å². The summed E-state index contributed by atoms with van der Waals surface area (Å²) in [4.78, 5) is 20.4. The summed E-state index contributed by atoms with van der Waals surface area (Å²) < 4.78 is 13.8. The van der Waals surface area contributed by atoms with Crippen LogP contribution in [0.2, 0.25) is 0 Å². The van der Waals surface area contributed by atoms with Crippen molar-refractivity contribution in [3.05, 3.63) is 24.1 Å². The molecular formula is C17H25FN4O2. The van der Waals surface area contributed by atoms with Gasteiger partial charge in [0.2, 0.25) is 0 Å². The number of halogens is 1. The normalized spacial score (nSPS) is 26.9. The number of hydrogen-bond acceptors (Lipinski definition) is 4. The maximum Gasteiger partial charge on any atom is 0.318 e. The number of carbonyl (C=O) groups is 1. The monoisotopic (exact) mass is 336 g/mol. The summed E-state index contributed by atoms with van der Waals surface area (Å²) in [6.07, 6.45) is 4.83. The Hall–Kier alpha value is -1.89. The molecule has 0 spiro atoms. The predicted octanol–water partition coefficient (Wildman–Crippen LogP) is 1.75. The average molecular weight is 336 g/mol. The zero-order valence-corrected chi connectivity index (χ0v) is 14.0. The molecule has 0 saturated carbocycles. The third-order valence-electron chi connectivity index (χ3n) is 5.35. The zero-order valence-electron chi connectivity index (χ0n) is 14.0. The Morgan fingerprint density at radius 3 is 3.08 bits per heavy atom. The summed E-state index contributed by atoms with van der Waals surface area (Å²) in [6, 6.07) is 2.81. The lowest BCUT2D eigenvalue weighted by Crippen LogP contribution is -2.55. The minimum Gasteiger partial charge on any atom is -0.394 e. The Morgan fingerprint density at radius 1 is 1.54 bits per heavy atom. The van der Waals surface area contributed by atoms with E-state index in [-0.39, 0.29) is 24.5 Å². The summed E-state index contributed by atoms with van der Waals surface area (Å²) in [5.74, 6) is 0.00276. The van der Waals surface area contributed by atoms with Crippen LogP contribution in [0.1, 0.15) is 32.6 Å². The van der Waals surface area contributed by atoms with Crippen LogP contribution in [0.15, 0.2) is 18.3 Å². The van der Waals surface area contributed by atoms with Gasteiger partial charge in [0.1, 0.15) is 0 Å². The highest BCUT2D eigenvalue weighted by atomic mass is 19.1. The van der Waals surface area contributed by atoms with Crippen molar-refractivity contribution in [2.45, 2.75) is 44.2 Å². The molecule has 6 nitrogen and oxygen atoms in total. The van der Waals surface area contributed by atoms with Gasteiger partial charge in [0.15, 0.2) is 11.6 Å². The van der Waals surface area contributed by atoms with Gasteiger partial charge in [0.05, 0.1) is 12.1 Å². The average Bonchev–Trinajstić information content (AvgIpc) is 3.22. The molecule has 132 valence electrons. The van der Waals surface area contributed by atoms with Crippen molar-refractivity contribution in [3.63, 3.8) is 0 Å². The number of nitrogens with one attached hydrogen (secondary N) is 1. The second-order valence-electron chi connectivity index (χ2n) is 6.68. The minimum atomic E-state index is -0.435. The Morgan fingerprint density at radius 2 is 2.38 bits per heavy atom. The first-order chi connectivity index (χ1) is 11.6. The Kier molecular flexibility index (Phi) is 4.89. The van der Waals surface area contributed by atoms with Crippen molar-refractivity contribution >= 4 is 11.8 Å². The number of rotatable bonds is 4. The van der Waals surface area contributed by atoms with E-state index < -0.39 is 5.54 Å². The van der Waals surface area contributed by atoms with E-state index in [0.717, 1.165) is 25.7 Å². The highest BCUT2D eigenvalue weighted by molar-refractivity contribution is 5.76. The number of anilines is 1. The topological polar surface area (TPSA) is 68.7 Å². The van der Waals surface area contributed by atoms with Gasteiger partial charge in [-0.25, -0.2) is 14.2 Å². The number of amides is 2. The van der Waals surface area contributed by atoms with Gasteiger partial charge in [0.25, 0.3) is 0 Å². The molecule has 0 radical (unpaired) electrons. The van der Waals surface area contributed by atoms with E-state index in [0.29, 0.717) is 25.5 Å². The lowest BCUT2D eigenvalue weighted by molar-refractivity contribution is 0.0800. The van der Waals surface area contributed by atoms with Gasteiger partial charge in [0, 0.05) is 31.9 Å². The number of aliphatic hydroxyl groups excluding tert-OH is 1. The zero-order chi connectivity index (χ0) is 17.2. The lowest BCUT2D eigenvalue weighted by Gasteiger charge is -2.37. The van der Waals surface area contributed by atoms with E-state index in [1.54, 1.807) is 17.2 Å². The van der Waals surface area contributed by atoms with Crippen LogP contribution in [0.4, 0.5) is 15.0 Å². The molecule has 1 aromatic heterocycles. The fourth-order valence-electron chi connectivity index (χ4n) is 3.83. The number of aromatic nitrogens is 1. The molecule has 0 aromatic carbocycles. The lowest BCUT2D eigenvalue weighted by atomic mass is 9.94. The molecule has 2 atom stereocenters. The number of pyridine rings is 1. The van der Waals surface area contributed by atoms with Gasteiger partial charge < -0.3 is 20.2 Å². The SMILES string of the molecule is CCC1(CO)CCCN1C(=O)NC1CCN(c2ncccc2F)C1. The van der Waals surface area contributed by atoms with Crippen LogP contribution in [0, 0.1) is 5.82 Å². The molecule has 1 aromatic rings. The summed E-state index contributed by atoms with van der Waals surface area (Å²) >= 11 is 0. The molecule has 24 heavy (non-hydrogen) atoms. The first-order valence-corrected chi connectivity index (χ1v) is 8.64. The van der Waals surface area contributed by atoms with Crippen LogP contribution in [0.5, 0.6) is 0 Å². The fourth-order valence-corrected chi connectivity index (χ4v) is 3.83. The fraction of sp³-hybridized carbons (Fsp3) is 0.647. The minimum absolute atomic E-state index is 0.00709. The Bertz CT molecular complexity index is 594. The Balaban J connectivity index is 1.61. The molecule has 0 aliphatic carbocycles. The third kappa shape index (κ3) is 3.05. The molecule has 2 unspecified atom stereocenters. The predicted molar refractivity (Wildman–Crippen MR) is 89.4 cm³/mol. The second-order valence-corrected chi connectivity index (χ2v) is 6.68. The molecule has 0 bridgehead atoms. The van der Waals surface area contributed by atoms with E-state index in [4.69, 9.17) is 0 Å². The van der Waals surface area contributed by atoms with Gasteiger partial charge in [-0.1, -0.05) is 6.92 Å². The summed E-state index contributed by atoms with van der Waals surface area (Å²) in [5.41, 5.74) is -0.435. The molecule has 7 heteroatoms. The van der Waals surface area contributed by atoms with Gasteiger partial charge >= 0.3 is 6.03 Å². The Labute approximate surface area is 141 Å². The van der Waals surface area contributed by atoms with Crippen LogP contribution in [0.25, 0.3) is 0 Å². The molecule has 2 aliphatic heterocycles. The molecule has 2 fully saturated rings. The summed E-state index contributed by atoms with van der Waals surface area (Å²) in [5, 5.41) is 12.8. The van der Waals surface area contributed by atoms with E-state index in [9.17, 15) is 14.3 Å². The highest BCUT2D eigenvalue weighted by Gasteiger charge is 2.42. The van der Waals surface area contributed by atoms with Crippen molar-refractivity contribution in [3.8, 4) is 0 Å². The third-order valence-corrected chi connectivity index (χ3v) is 5.35. The number of aliphatic hydroxyl groups is 1. The van der Waals surface area contributed by atoms with Gasteiger partial charge in [-0.05, 0) is 37.8 Å². The smallest absolute Gasteiger partial charge is 0.318 e. The molecule has 2 aliphatic rings. The number of urea groups is 1. The van der Waals surface area contributed by atoms with Crippen molar-refractivity contribution in [1.29, 1.82) is 0 Å². The molecule has 2 amide bonds. The molecular weight excluding hydrogens is 311 g/mol. The standard InChI is InChI=1S/C17H25FN4O2/c1-2-17(12-23)7-4-9-22(17)16(24)20-13-6-10-21(11-13)15-14(18)5-3-8-19-15/h3,5,8,13,23H,2,4,6-7,9-12H2,1H3,(H,20,24). The molecule has 2 N–H and O–H groups in total. The number of nitrogens with zero attached hydrogens (tertiary/aromatic N) is 3. The number of likely N-dealkylation sites (tertiary alicyclic amines) is 1. The first-order valence-electron chi connectivity index (χ1n) is 8.64. The molecule has 3 heterocycles. The number of hydrogen-bond donors (Lipinski definition) is 2. The van der Waals surface area contributed by atoms with E-state index in [1.807, 2.05) is 11.8 Å². The van der Waals surface area contributed by atoms with Crippen molar-refractivity contribution in [2.75, 3.05) is 31.1 Å². The largest absolute Gasteiger partial charge is 0.394 e. The van der Waals surface area contributed by atoms with Gasteiger partial charge in [-0.15, -0.1) is 0 Å². The summed E-state index contributed by atoms with van der Waals surface area (Å²) in [7, 11) is 0. The summed E-state index contributed by atoms with van der Waals surface area (Å²) in [6.45, 7) is 3.88. The maximum absolute atomic E-state index is 13.8. The van der Waals surface area contributed by atoms with Gasteiger partial charge in [-0.3, -0.25) is 0 Å². The van der Waals surface area contributed by atoms with E-state index in [1.165, 1.54) is 6.07 Å². The quantitative estimate of drug-likeness (QED) is 0.879. The highest BCUT2D eigenvalue weighted by Crippen LogP contribution is 2.32. The van der Waals surface area contributed by atoms with Crippen LogP contribution in [-0.4, -0.2) is 58.8 Å². The van der Waals surface area contributed by atoms with Crippen molar-refractivity contribution in [2.24, 2.45) is 0 Å². The first kappa shape index (κ1) is 17.0. The van der Waals surface area contributed by atoms with Gasteiger partial charge in [-0.2, -0.15) is 0 Å². The van der Waals surface area contributed by atoms with Crippen LogP contribution in [0.3, 0.4) is 0 Å². The van der Waals surface area contributed by atoms with Crippen molar-refractivity contribution in [1.82, 2.24) is 15.2 Å².